The van der Waals surface area contributed by atoms with Gasteiger partial charge in [-0.25, -0.2) is 8.78 Å². The van der Waals surface area contributed by atoms with Gasteiger partial charge >= 0.3 is 0 Å². The Morgan fingerprint density at radius 2 is 2.03 bits per heavy atom. The minimum absolute atomic E-state index is 0.0736. The van der Waals surface area contributed by atoms with Crippen LogP contribution >= 0.6 is 22.6 Å². The maximum Gasteiger partial charge on any atom is 0.252 e. The number of benzene rings is 2. The maximum absolute atomic E-state index is 15.1. The molecule has 4 aromatic rings. The molecule has 7 nitrogen and oxygen atoms in total. The molecule has 0 radical (unpaired) electrons. The molecule has 31 heavy (non-hydrogen) atoms. The second kappa shape index (κ2) is 8.10. The number of nitrogen functional groups attached to an aromatic ring is 1. The fourth-order valence-corrected chi connectivity index (χ4v) is 4.04. The molecule has 2 aromatic heterocycles. The lowest BCUT2D eigenvalue weighted by molar-refractivity contribution is 0.0996. The lowest BCUT2D eigenvalue weighted by atomic mass is 9.98. The van der Waals surface area contributed by atoms with Gasteiger partial charge < -0.3 is 16.2 Å². The molecule has 0 saturated heterocycles. The zero-order valence-electron chi connectivity index (χ0n) is 16.2. The third-order valence-electron chi connectivity index (χ3n) is 4.86. The summed E-state index contributed by atoms with van der Waals surface area (Å²) in [5.74, 6) is -1.60. The van der Waals surface area contributed by atoms with Gasteiger partial charge in [-0.3, -0.25) is 14.9 Å². The van der Waals surface area contributed by atoms with Crippen molar-refractivity contribution in [1.82, 2.24) is 15.2 Å². The number of H-pyrrole nitrogens is 1. The van der Waals surface area contributed by atoms with E-state index in [9.17, 15) is 9.18 Å². The largest absolute Gasteiger partial charge is 0.496 e. The van der Waals surface area contributed by atoms with Crippen LogP contribution in [0.2, 0.25) is 0 Å². The number of halogens is 3. The zero-order valence-corrected chi connectivity index (χ0v) is 18.3. The molecule has 0 bridgehead atoms. The highest BCUT2D eigenvalue weighted by atomic mass is 127. The minimum Gasteiger partial charge on any atom is -0.496 e. The van der Waals surface area contributed by atoms with Crippen molar-refractivity contribution in [3.05, 3.63) is 68.4 Å². The van der Waals surface area contributed by atoms with Crippen LogP contribution in [0.15, 0.2) is 36.5 Å². The number of amides is 1. The summed E-state index contributed by atoms with van der Waals surface area (Å²) < 4.78 is 35.1. The number of carbonyl (C=O) groups is 1. The van der Waals surface area contributed by atoms with Gasteiger partial charge in [-0.15, -0.1) is 0 Å². The van der Waals surface area contributed by atoms with Crippen molar-refractivity contribution in [3.8, 4) is 17.0 Å². The number of pyridine rings is 1. The first kappa shape index (κ1) is 21.0. The van der Waals surface area contributed by atoms with Crippen LogP contribution in [0.25, 0.3) is 22.2 Å². The van der Waals surface area contributed by atoms with Crippen LogP contribution in [0.1, 0.15) is 21.5 Å². The lowest BCUT2D eigenvalue weighted by Crippen LogP contribution is -2.14. The number of aromatic nitrogens is 3. The molecule has 0 fully saturated rings. The standard InChI is InChI=1S/C21H16F2IN5O2/c1-31-19-10(6-11(22)7-13(19)21(26)30)4-9-2-3-12(14(23)5-9)17-16-18(15(24)8-27-17)28-29-20(16)25/h2-3,5-8H,4H2,1H3,(H2,26,30)(H3,25,28,29). The molecule has 2 aromatic carbocycles. The summed E-state index contributed by atoms with van der Waals surface area (Å²) in [6.45, 7) is 0. The smallest absolute Gasteiger partial charge is 0.252 e. The second-order valence-corrected chi connectivity index (χ2v) is 7.98. The van der Waals surface area contributed by atoms with Crippen LogP contribution < -0.4 is 16.2 Å². The van der Waals surface area contributed by atoms with E-state index in [1.807, 2.05) is 0 Å². The van der Waals surface area contributed by atoms with E-state index in [1.54, 1.807) is 18.3 Å². The van der Waals surface area contributed by atoms with E-state index in [1.165, 1.54) is 19.2 Å². The van der Waals surface area contributed by atoms with Crippen molar-refractivity contribution in [2.75, 3.05) is 12.8 Å². The van der Waals surface area contributed by atoms with Crippen LogP contribution in [0, 0.1) is 15.2 Å². The number of carbonyl (C=O) groups excluding carboxylic acids is 1. The molecule has 1 amide bonds. The van der Waals surface area contributed by atoms with E-state index < -0.39 is 17.5 Å². The number of nitrogens with two attached hydrogens (primary N) is 2. The lowest BCUT2D eigenvalue weighted by Gasteiger charge is -2.13. The van der Waals surface area contributed by atoms with Crippen molar-refractivity contribution in [3.63, 3.8) is 0 Å². The van der Waals surface area contributed by atoms with Crippen molar-refractivity contribution in [1.29, 1.82) is 0 Å². The molecule has 0 unspecified atom stereocenters. The fourth-order valence-electron chi connectivity index (χ4n) is 3.51. The van der Waals surface area contributed by atoms with E-state index in [2.05, 4.69) is 37.8 Å². The fraction of sp³-hybridized carbons (Fsp3) is 0.0952. The molecule has 10 heteroatoms. The van der Waals surface area contributed by atoms with Gasteiger partial charge in [0, 0.05) is 23.7 Å². The number of methoxy groups -OCH3 is 1. The summed E-state index contributed by atoms with van der Waals surface area (Å²) in [5.41, 5.74) is 13.4. The highest BCUT2D eigenvalue weighted by Gasteiger charge is 2.19. The molecule has 4 rings (SSSR count). The third-order valence-corrected chi connectivity index (χ3v) is 5.68. The maximum atomic E-state index is 15.1. The average Bonchev–Trinajstić information content (AvgIpc) is 3.11. The van der Waals surface area contributed by atoms with Crippen LogP contribution in [0.4, 0.5) is 14.6 Å². The number of fused-ring (bicyclic) bond motifs is 1. The van der Waals surface area contributed by atoms with Gasteiger partial charge in [-0.05, 0) is 52.4 Å². The van der Waals surface area contributed by atoms with E-state index in [-0.39, 0.29) is 29.1 Å². The molecule has 0 aliphatic heterocycles. The molecule has 2 heterocycles. The van der Waals surface area contributed by atoms with Crippen LogP contribution in [0.5, 0.6) is 5.75 Å². The second-order valence-electron chi connectivity index (χ2n) is 6.81. The quantitative estimate of drug-likeness (QED) is 0.336. The predicted molar refractivity (Wildman–Crippen MR) is 121 cm³/mol. The Bertz CT molecular complexity index is 1340. The Morgan fingerprint density at radius 1 is 1.26 bits per heavy atom. The topological polar surface area (TPSA) is 120 Å². The number of ether oxygens (including phenoxy) is 1. The summed E-state index contributed by atoms with van der Waals surface area (Å²) in [6, 6.07) is 6.83. The van der Waals surface area contributed by atoms with Crippen molar-refractivity contribution >= 4 is 45.2 Å². The predicted octanol–water partition coefficient (Wildman–Crippen LogP) is 3.79. The number of hydrogen-bond donors (Lipinski definition) is 3. The molecular formula is C21H16F2IN5O2. The van der Waals surface area contributed by atoms with E-state index >= 15 is 4.39 Å². The molecular weight excluding hydrogens is 519 g/mol. The average molecular weight is 535 g/mol. The Labute approximate surface area is 188 Å². The van der Waals surface area contributed by atoms with E-state index in [0.29, 0.717) is 27.7 Å². The van der Waals surface area contributed by atoms with Gasteiger partial charge in [-0.1, -0.05) is 6.07 Å². The molecule has 0 atom stereocenters. The highest BCUT2D eigenvalue weighted by Crippen LogP contribution is 2.34. The van der Waals surface area contributed by atoms with Gasteiger partial charge in [0.05, 0.1) is 32.8 Å². The SMILES string of the molecule is COc1c(Cc2ccc(-c3ncc(I)c4[nH]nc(N)c34)c(F)c2)cc(F)cc1C(N)=O. The summed E-state index contributed by atoms with van der Waals surface area (Å²) in [5, 5.41) is 7.36. The van der Waals surface area contributed by atoms with Crippen molar-refractivity contribution < 1.29 is 18.3 Å². The minimum atomic E-state index is -0.814. The first-order valence-corrected chi connectivity index (χ1v) is 10.1. The van der Waals surface area contributed by atoms with E-state index in [0.717, 1.165) is 9.64 Å². The Kier molecular flexibility index (Phi) is 5.48. The monoisotopic (exact) mass is 535 g/mol. The molecule has 0 aliphatic rings. The van der Waals surface area contributed by atoms with Crippen molar-refractivity contribution in [2.45, 2.75) is 6.42 Å². The number of anilines is 1. The summed E-state index contributed by atoms with van der Waals surface area (Å²) in [4.78, 5) is 16.0. The normalized spacial score (nSPS) is 11.1. The summed E-state index contributed by atoms with van der Waals surface area (Å²) >= 11 is 2.09. The number of nitrogens with zero attached hydrogens (tertiary/aromatic N) is 2. The number of aromatic amines is 1. The van der Waals surface area contributed by atoms with Crippen LogP contribution in [-0.2, 0) is 6.42 Å². The summed E-state index contributed by atoms with van der Waals surface area (Å²) in [6.07, 6.45) is 1.73. The first-order valence-electron chi connectivity index (χ1n) is 9.03. The number of rotatable bonds is 5. The third kappa shape index (κ3) is 3.78. The van der Waals surface area contributed by atoms with Crippen LogP contribution in [0.3, 0.4) is 0 Å². The van der Waals surface area contributed by atoms with Gasteiger partial charge in [0.2, 0.25) is 0 Å². The number of primary amides is 1. The van der Waals surface area contributed by atoms with Crippen molar-refractivity contribution in [2.24, 2.45) is 5.73 Å². The highest BCUT2D eigenvalue weighted by molar-refractivity contribution is 14.1. The first-order chi connectivity index (χ1) is 14.8. The Balaban J connectivity index is 1.76. The van der Waals surface area contributed by atoms with E-state index in [4.69, 9.17) is 16.2 Å². The van der Waals surface area contributed by atoms with Crippen LogP contribution in [-0.4, -0.2) is 28.2 Å². The Hall–Kier alpha value is -3.28. The molecule has 5 N–H and O–H groups in total. The molecule has 0 aliphatic carbocycles. The zero-order chi connectivity index (χ0) is 22.3. The van der Waals surface area contributed by atoms with Gasteiger partial charge in [0.15, 0.2) is 5.82 Å². The van der Waals surface area contributed by atoms with Gasteiger partial charge in [0.25, 0.3) is 5.91 Å². The molecule has 0 saturated carbocycles. The molecule has 158 valence electrons. The number of hydrogen-bond acceptors (Lipinski definition) is 5. The Morgan fingerprint density at radius 3 is 2.71 bits per heavy atom. The summed E-state index contributed by atoms with van der Waals surface area (Å²) in [7, 11) is 1.36. The molecule has 0 spiro atoms. The van der Waals surface area contributed by atoms with Gasteiger partial charge in [0.1, 0.15) is 17.4 Å². The number of nitrogens with one attached hydrogen (secondary N) is 1. The van der Waals surface area contributed by atoms with Gasteiger partial charge in [-0.2, -0.15) is 5.10 Å².